The lowest BCUT2D eigenvalue weighted by atomic mass is 10.0. The van der Waals surface area contributed by atoms with Gasteiger partial charge < -0.3 is 15.3 Å². The highest BCUT2D eigenvalue weighted by molar-refractivity contribution is 5.88. The Morgan fingerprint density at radius 2 is 2.27 bits per heavy atom. The maximum Gasteiger partial charge on any atom is 0.334 e. The number of carbonyl (C=O) groups is 1. The van der Waals surface area contributed by atoms with Crippen LogP contribution in [0.4, 0.5) is 0 Å². The summed E-state index contributed by atoms with van der Waals surface area (Å²) in [6.07, 6.45) is 1.58. The highest BCUT2D eigenvalue weighted by Crippen LogP contribution is 2.16. The van der Waals surface area contributed by atoms with E-state index >= 15 is 0 Å². The number of hydrogen-bond acceptors (Lipinski definition) is 3. The molecule has 1 rings (SSSR count). The Morgan fingerprint density at radius 3 is 2.73 bits per heavy atom. The van der Waals surface area contributed by atoms with Crippen LogP contribution in [0, 0.1) is 0 Å². The zero-order chi connectivity index (χ0) is 8.43. The van der Waals surface area contributed by atoms with Crippen molar-refractivity contribution in [1.29, 1.82) is 0 Å². The third-order valence-electron chi connectivity index (χ3n) is 1.46. The van der Waals surface area contributed by atoms with Gasteiger partial charge in [-0.3, -0.25) is 0 Å². The SMILES string of the molecule is O=C(O)C1=CC(O)=CCC1O. The summed E-state index contributed by atoms with van der Waals surface area (Å²) in [5.41, 5.74) is -0.162. The fourth-order valence-corrected chi connectivity index (χ4v) is 0.878. The van der Waals surface area contributed by atoms with Gasteiger partial charge in [0, 0.05) is 0 Å². The van der Waals surface area contributed by atoms with Crippen molar-refractivity contribution in [1.82, 2.24) is 0 Å². The minimum absolute atomic E-state index is 0.104. The molecule has 4 heteroatoms. The van der Waals surface area contributed by atoms with E-state index in [9.17, 15) is 4.79 Å². The molecule has 3 N–H and O–H groups in total. The van der Waals surface area contributed by atoms with Gasteiger partial charge in [0.15, 0.2) is 0 Å². The van der Waals surface area contributed by atoms with Crippen LogP contribution in [-0.2, 0) is 4.79 Å². The third-order valence-corrected chi connectivity index (χ3v) is 1.46. The van der Waals surface area contributed by atoms with E-state index in [2.05, 4.69) is 0 Å². The molecule has 1 aliphatic rings. The molecular weight excluding hydrogens is 148 g/mol. The first-order valence-electron chi connectivity index (χ1n) is 3.13. The number of aliphatic hydroxyl groups is 2. The average Bonchev–Trinajstić information content (AvgIpc) is 1.94. The molecule has 0 aromatic carbocycles. The van der Waals surface area contributed by atoms with E-state index in [1.807, 2.05) is 0 Å². The van der Waals surface area contributed by atoms with Gasteiger partial charge in [0.05, 0.1) is 11.7 Å². The zero-order valence-corrected chi connectivity index (χ0v) is 5.69. The average molecular weight is 156 g/mol. The third kappa shape index (κ3) is 1.59. The van der Waals surface area contributed by atoms with Crippen LogP contribution in [0.3, 0.4) is 0 Å². The Balaban J connectivity index is 2.90. The first kappa shape index (κ1) is 7.81. The summed E-state index contributed by atoms with van der Waals surface area (Å²) in [6.45, 7) is 0. The fraction of sp³-hybridized carbons (Fsp3) is 0.286. The van der Waals surface area contributed by atoms with E-state index in [0.29, 0.717) is 0 Å². The van der Waals surface area contributed by atoms with Crippen molar-refractivity contribution in [2.24, 2.45) is 0 Å². The number of aliphatic carboxylic acids is 1. The molecule has 0 aromatic rings. The van der Waals surface area contributed by atoms with Crippen LogP contribution < -0.4 is 0 Å². The van der Waals surface area contributed by atoms with Gasteiger partial charge in [-0.25, -0.2) is 4.79 Å². The molecule has 0 amide bonds. The zero-order valence-electron chi connectivity index (χ0n) is 5.69. The van der Waals surface area contributed by atoms with Crippen molar-refractivity contribution in [2.45, 2.75) is 12.5 Å². The first-order chi connectivity index (χ1) is 5.11. The molecule has 0 heterocycles. The Morgan fingerprint density at radius 1 is 1.64 bits per heavy atom. The fourth-order valence-electron chi connectivity index (χ4n) is 0.878. The first-order valence-corrected chi connectivity index (χ1v) is 3.13. The number of hydrogen-bond donors (Lipinski definition) is 3. The lowest BCUT2D eigenvalue weighted by molar-refractivity contribution is -0.133. The van der Waals surface area contributed by atoms with Crippen LogP contribution in [0.25, 0.3) is 0 Å². The van der Waals surface area contributed by atoms with Crippen molar-refractivity contribution in [3.05, 3.63) is 23.5 Å². The summed E-state index contributed by atoms with van der Waals surface area (Å²) in [4.78, 5) is 10.3. The molecule has 0 aromatic heterocycles. The van der Waals surface area contributed by atoms with Crippen LogP contribution in [0.1, 0.15) is 6.42 Å². The molecule has 0 aliphatic heterocycles. The predicted molar refractivity (Wildman–Crippen MR) is 37.1 cm³/mol. The van der Waals surface area contributed by atoms with Crippen molar-refractivity contribution in [2.75, 3.05) is 0 Å². The van der Waals surface area contributed by atoms with Crippen molar-refractivity contribution < 1.29 is 20.1 Å². The molecule has 0 radical (unpaired) electrons. The van der Waals surface area contributed by atoms with Gasteiger partial charge in [-0.05, 0) is 18.6 Å². The van der Waals surface area contributed by atoms with Gasteiger partial charge >= 0.3 is 5.97 Å². The summed E-state index contributed by atoms with van der Waals surface area (Å²) >= 11 is 0. The number of rotatable bonds is 1. The van der Waals surface area contributed by atoms with E-state index in [4.69, 9.17) is 15.3 Å². The predicted octanol–water partition coefficient (Wildman–Crippen LogP) is 0.204. The van der Waals surface area contributed by atoms with Crippen LogP contribution in [0.2, 0.25) is 0 Å². The molecule has 60 valence electrons. The lowest BCUT2D eigenvalue weighted by Gasteiger charge is -2.12. The Labute approximate surface area is 63.1 Å². The Hall–Kier alpha value is -1.29. The molecule has 0 bridgehead atoms. The standard InChI is InChI=1S/C7H8O4/c8-4-1-2-6(9)5(3-4)7(10)11/h1,3,6,8-9H,2H2,(H,10,11). The van der Waals surface area contributed by atoms with Crippen molar-refractivity contribution in [3.63, 3.8) is 0 Å². The second kappa shape index (κ2) is 2.75. The van der Waals surface area contributed by atoms with E-state index in [0.717, 1.165) is 6.08 Å². The molecule has 0 fully saturated rings. The maximum absolute atomic E-state index is 10.3. The second-order valence-electron chi connectivity index (χ2n) is 2.29. The number of carboxylic acids is 1. The second-order valence-corrected chi connectivity index (χ2v) is 2.29. The Bertz CT molecular complexity index is 239. The maximum atomic E-state index is 10.3. The largest absolute Gasteiger partial charge is 0.508 e. The highest BCUT2D eigenvalue weighted by atomic mass is 16.4. The molecule has 4 nitrogen and oxygen atoms in total. The van der Waals surface area contributed by atoms with E-state index in [1.165, 1.54) is 6.08 Å². The number of aliphatic hydroxyl groups excluding tert-OH is 2. The summed E-state index contributed by atoms with van der Waals surface area (Å²) in [6, 6.07) is 0. The number of allylic oxidation sites excluding steroid dienone is 1. The summed E-state index contributed by atoms with van der Waals surface area (Å²) < 4.78 is 0. The Kier molecular flexibility index (Phi) is 1.96. The lowest BCUT2D eigenvalue weighted by Crippen LogP contribution is -2.19. The molecule has 11 heavy (non-hydrogen) atoms. The molecule has 1 atom stereocenters. The monoisotopic (exact) mass is 156 g/mol. The molecule has 1 aliphatic carbocycles. The van der Waals surface area contributed by atoms with Gasteiger partial charge in [0.2, 0.25) is 0 Å². The minimum Gasteiger partial charge on any atom is -0.508 e. The van der Waals surface area contributed by atoms with Crippen LogP contribution in [0.5, 0.6) is 0 Å². The van der Waals surface area contributed by atoms with Gasteiger partial charge in [-0.1, -0.05) is 0 Å². The van der Waals surface area contributed by atoms with E-state index in [1.54, 1.807) is 0 Å². The number of carboxylic acid groups (broad SMARTS) is 1. The quantitative estimate of drug-likeness (QED) is 0.507. The molecular formula is C7H8O4. The minimum atomic E-state index is -1.20. The topological polar surface area (TPSA) is 77.8 Å². The van der Waals surface area contributed by atoms with Crippen LogP contribution in [-0.4, -0.2) is 27.4 Å². The van der Waals surface area contributed by atoms with Crippen LogP contribution in [0.15, 0.2) is 23.5 Å². The smallest absolute Gasteiger partial charge is 0.334 e. The van der Waals surface area contributed by atoms with Gasteiger partial charge in [0.1, 0.15) is 5.76 Å². The van der Waals surface area contributed by atoms with E-state index in [-0.39, 0.29) is 17.8 Å². The van der Waals surface area contributed by atoms with Gasteiger partial charge in [-0.15, -0.1) is 0 Å². The van der Waals surface area contributed by atoms with Gasteiger partial charge in [0.25, 0.3) is 0 Å². The summed E-state index contributed by atoms with van der Waals surface area (Å²) in [5.74, 6) is -1.30. The van der Waals surface area contributed by atoms with Gasteiger partial charge in [-0.2, -0.15) is 0 Å². The normalized spacial score (nSPS) is 23.9. The van der Waals surface area contributed by atoms with E-state index < -0.39 is 12.1 Å². The molecule has 0 spiro atoms. The molecule has 0 saturated carbocycles. The summed E-state index contributed by atoms with van der Waals surface area (Å²) in [7, 11) is 0. The highest BCUT2D eigenvalue weighted by Gasteiger charge is 2.20. The van der Waals surface area contributed by atoms with Crippen LogP contribution >= 0.6 is 0 Å². The summed E-state index contributed by atoms with van der Waals surface area (Å²) in [5, 5.41) is 26.4. The van der Waals surface area contributed by atoms with Crippen molar-refractivity contribution in [3.8, 4) is 0 Å². The van der Waals surface area contributed by atoms with Crippen molar-refractivity contribution >= 4 is 5.97 Å². The molecule has 1 unspecified atom stereocenters. The molecule has 0 saturated heterocycles.